The summed E-state index contributed by atoms with van der Waals surface area (Å²) in [5.41, 5.74) is -0.455. The molecule has 1 atom stereocenters. The van der Waals surface area contributed by atoms with Crippen LogP contribution in [-0.2, 0) is 4.79 Å². The van der Waals surface area contributed by atoms with E-state index in [-0.39, 0.29) is 17.1 Å². The van der Waals surface area contributed by atoms with Gasteiger partial charge in [0.25, 0.3) is 0 Å². The summed E-state index contributed by atoms with van der Waals surface area (Å²) < 4.78 is 0. The number of nitrogens with zero attached hydrogens (tertiary/aromatic N) is 2. The van der Waals surface area contributed by atoms with E-state index in [9.17, 15) is 9.59 Å². The van der Waals surface area contributed by atoms with Crippen molar-refractivity contribution in [1.82, 2.24) is 15.5 Å². The Bertz CT molecular complexity index is 465. The minimum absolute atomic E-state index is 0.141. The highest BCUT2D eigenvalue weighted by Gasteiger charge is 2.19. The third-order valence-electron chi connectivity index (χ3n) is 2.14. The zero-order valence-corrected chi connectivity index (χ0v) is 11.4. The predicted molar refractivity (Wildman–Crippen MR) is 70.0 cm³/mol. The van der Waals surface area contributed by atoms with E-state index in [4.69, 9.17) is 5.11 Å². The van der Waals surface area contributed by atoms with Crippen LogP contribution in [0.15, 0.2) is 12.1 Å². The second-order valence-corrected chi connectivity index (χ2v) is 5.21. The highest BCUT2D eigenvalue weighted by atomic mass is 16.4. The monoisotopic (exact) mass is 266 g/mol. The molecule has 1 heterocycles. The summed E-state index contributed by atoms with van der Waals surface area (Å²) in [7, 11) is 0. The van der Waals surface area contributed by atoms with Gasteiger partial charge < -0.3 is 15.7 Å². The van der Waals surface area contributed by atoms with Gasteiger partial charge in [-0.25, -0.2) is 4.79 Å². The first-order valence-corrected chi connectivity index (χ1v) is 5.84. The lowest BCUT2D eigenvalue weighted by Crippen LogP contribution is -2.47. The Morgan fingerprint density at radius 1 is 1.26 bits per heavy atom. The normalized spacial score (nSPS) is 12.6. The van der Waals surface area contributed by atoms with Gasteiger partial charge in [-0.15, -0.1) is 10.2 Å². The number of hydrogen-bond acceptors (Lipinski definition) is 5. The van der Waals surface area contributed by atoms with Crippen LogP contribution in [0.5, 0.6) is 0 Å². The molecule has 1 unspecified atom stereocenters. The van der Waals surface area contributed by atoms with E-state index in [2.05, 4.69) is 20.8 Å². The van der Waals surface area contributed by atoms with Gasteiger partial charge in [0.1, 0.15) is 11.9 Å². The molecule has 1 aromatic heterocycles. The van der Waals surface area contributed by atoms with Crippen molar-refractivity contribution in [2.45, 2.75) is 39.3 Å². The summed E-state index contributed by atoms with van der Waals surface area (Å²) in [6.45, 7) is 7.35. The fourth-order valence-electron chi connectivity index (χ4n) is 1.29. The van der Waals surface area contributed by atoms with Crippen molar-refractivity contribution in [3.8, 4) is 0 Å². The molecule has 104 valence electrons. The maximum absolute atomic E-state index is 11.8. The number of hydrogen-bond donors (Lipinski definition) is 3. The van der Waals surface area contributed by atoms with Gasteiger partial charge in [0.15, 0.2) is 5.69 Å². The summed E-state index contributed by atoms with van der Waals surface area (Å²) in [5, 5.41) is 21.6. The molecule has 0 aliphatic rings. The lowest BCUT2D eigenvalue weighted by Gasteiger charge is -2.23. The number of amides is 1. The summed E-state index contributed by atoms with van der Waals surface area (Å²) in [4.78, 5) is 22.4. The van der Waals surface area contributed by atoms with Crippen LogP contribution in [0, 0.1) is 0 Å². The average Bonchev–Trinajstić information content (AvgIpc) is 2.27. The van der Waals surface area contributed by atoms with Crippen LogP contribution in [0.25, 0.3) is 0 Å². The van der Waals surface area contributed by atoms with E-state index in [1.807, 2.05) is 20.8 Å². The van der Waals surface area contributed by atoms with Crippen LogP contribution in [0.3, 0.4) is 0 Å². The van der Waals surface area contributed by atoms with Gasteiger partial charge in [0.05, 0.1) is 0 Å². The first kappa shape index (κ1) is 14.9. The van der Waals surface area contributed by atoms with Crippen LogP contribution < -0.4 is 10.6 Å². The Kier molecular flexibility index (Phi) is 4.42. The van der Waals surface area contributed by atoms with Crippen LogP contribution in [0.4, 0.5) is 5.82 Å². The van der Waals surface area contributed by atoms with Crippen LogP contribution in [0.1, 0.15) is 38.2 Å². The van der Waals surface area contributed by atoms with E-state index in [0.717, 1.165) is 0 Å². The van der Waals surface area contributed by atoms with Gasteiger partial charge in [0.2, 0.25) is 5.91 Å². The Morgan fingerprint density at radius 2 is 1.89 bits per heavy atom. The van der Waals surface area contributed by atoms with Gasteiger partial charge in [-0.05, 0) is 39.8 Å². The van der Waals surface area contributed by atoms with Gasteiger partial charge in [-0.2, -0.15) is 0 Å². The molecule has 3 N–H and O–H groups in total. The summed E-state index contributed by atoms with van der Waals surface area (Å²) in [6.07, 6.45) is 0. The first-order chi connectivity index (χ1) is 8.69. The number of carboxylic acids is 1. The van der Waals surface area contributed by atoms with Crippen LogP contribution in [-0.4, -0.2) is 38.8 Å². The molecular weight excluding hydrogens is 248 g/mol. The van der Waals surface area contributed by atoms with Crippen molar-refractivity contribution < 1.29 is 14.7 Å². The van der Waals surface area contributed by atoms with Crippen molar-refractivity contribution in [3.05, 3.63) is 17.8 Å². The molecule has 0 saturated heterocycles. The van der Waals surface area contributed by atoms with E-state index >= 15 is 0 Å². The molecule has 0 saturated carbocycles. The van der Waals surface area contributed by atoms with E-state index < -0.39 is 12.0 Å². The molecule has 7 nitrogen and oxygen atoms in total. The number of anilines is 1. The summed E-state index contributed by atoms with van der Waals surface area (Å²) in [6, 6.07) is 2.30. The van der Waals surface area contributed by atoms with Crippen LogP contribution >= 0.6 is 0 Å². The van der Waals surface area contributed by atoms with Gasteiger partial charge in [-0.1, -0.05) is 0 Å². The zero-order chi connectivity index (χ0) is 14.6. The smallest absolute Gasteiger partial charge is 0.356 e. The number of nitrogens with one attached hydrogen (secondary N) is 2. The maximum atomic E-state index is 11.8. The number of carbonyl (C=O) groups excluding carboxylic acids is 1. The van der Waals surface area contributed by atoms with Crippen molar-refractivity contribution in [1.29, 1.82) is 0 Å². The molecule has 0 bridgehead atoms. The maximum Gasteiger partial charge on any atom is 0.356 e. The topological polar surface area (TPSA) is 104 Å². The number of carbonyl (C=O) groups is 2. The third kappa shape index (κ3) is 4.90. The molecule has 1 amide bonds. The molecule has 0 aliphatic carbocycles. The minimum Gasteiger partial charge on any atom is -0.476 e. The molecule has 7 heteroatoms. The second kappa shape index (κ2) is 5.64. The molecule has 0 aliphatic heterocycles. The molecule has 1 rings (SSSR count). The van der Waals surface area contributed by atoms with Gasteiger partial charge >= 0.3 is 5.97 Å². The number of carboxylic acid groups (broad SMARTS) is 1. The first-order valence-electron chi connectivity index (χ1n) is 5.84. The largest absolute Gasteiger partial charge is 0.476 e. The Morgan fingerprint density at radius 3 is 2.32 bits per heavy atom. The quantitative estimate of drug-likeness (QED) is 0.747. The summed E-state index contributed by atoms with van der Waals surface area (Å²) in [5.74, 6) is -0.962. The average molecular weight is 266 g/mol. The standard InChI is InChI=1S/C12H18N4O3/c1-7(10(17)14-12(2,3)4)13-9-6-5-8(11(18)19)15-16-9/h5-7H,1-4H3,(H,13,16)(H,14,17)(H,18,19). The molecule has 0 aromatic carbocycles. The van der Waals surface area contributed by atoms with Crippen molar-refractivity contribution in [2.75, 3.05) is 5.32 Å². The van der Waals surface area contributed by atoms with E-state index in [1.54, 1.807) is 6.92 Å². The van der Waals surface area contributed by atoms with Crippen molar-refractivity contribution >= 4 is 17.7 Å². The van der Waals surface area contributed by atoms with Crippen molar-refractivity contribution in [3.63, 3.8) is 0 Å². The van der Waals surface area contributed by atoms with Crippen LogP contribution in [0.2, 0.25) is 0 Å². The number of aromatic nitrogens is 2. The SMILES string of the molecule is CC(Nc1ccc(C(=O)O)nn1)C(=O)NC(C)(C)C. The molecule has 0 fully saturated rings. The number of rotatable bonds is 4. The Labute approximate surface area is 111 Å². The third-order valence-corrected chi connectivity index (χ3v) is 2.14. The summed E-state index contributed by atoms with van der Waals surface area (Å²) >= 11 is 0. The Balaban J connectivity index is 2.64. The van der Waals surface area contributed by atoms with Crippen molar-refractivity contribution in [2.24, 2.45) is 0 Å². The van der Waals surface area contributed by atoms with E-state index in [1.165, 1.54) is 12.1 Å². The Hall–Kier alpha value is -2.18. The molecule has 19 heavy (non-hydrogen) atoms. The molecular formula is C12H18N4O3. The van der Waals surface area contributed by atoms with Gasteiger partial charge in [0, 0.05) is 5.54 Å². The lowest BCUT2D eigenvalue weighted by atomic mass is 10.1. The molecule has 1 aromatic rings. The lowest BCUT2D eigenvalue weighted by molar-refractivity contribution is -0.122. The zero-order valence-electron chi connectivity index (χ0n) is 11.4. The highest BCUT2D eigenvalue weighted by Crippen LogP contribution is 2.06. The molecule has 0 spiro atoms. The minimum atomic E-state index is -1.14. The number of aromatic carboxylic acids is 1. The van der Waals surface area contributed by atoms with Gasteiger partial charge in [-0.3, -0.25) is 4.79 Å². The van der Waals surface area contributed by atoms with E-state index in [0.29, 0.717) is 5.82 Å². The fraction of sp³-hybridized carbons (Fsp3) is 0.500. The fourth-order valence-corrected chi connectivity index (χ4v) is 1.29. The molecule has 0 radical (unpaired) electrons. The predicted octanol–water partition coefficient (Wildman–Crippen LogP) is 0.890. The second-order valence-electron chi connectivity index (χ2n) is 5.21. The highest BCUT2D eigenvalue weighted by molar-refractivity contribution is 5.86.